The van der Waals surface area contributed by atoms with Crippen LogP contribution >= 0.6 is 11.8 Å². The average Bonchev–Trinajstić information content (AvgIpc) is 2.34. The maximum Gasteiger partial charge on any atom is 0.186 e. The molecule has 1 aromatic carbocycles. The molecule has 0 radical (unpaired) electrons. The van der Waals surface area contributed by atoms with Gasteiger partial charge in [0.15, 0.2) is 5.12 Å². The molecule has 0 N–H and O–H groups in total. The Balaban J connectivity index is 2.20. The van der Waals surface area contributed by atoms with Gasteiger partial charge in [0.2, 0.25) is 0 Å². The molecule has 3 heteroatoms. The van der Waals surface area contributed by atoms with Crippen LogP contribution in [-0.4, -0.2) is 15.9 Å². The normalized spacial score (nSPS) is 9.89. The largest absolute Gasteiger partial charge is 0.288 e. The average molecular weight is 255 g/mol. The Morgan fingerprint density at radius 2 is 2.17 bits per heavy atom. The maximum atomic E-state index is 10.7. The van der Waals surface area contributed by atoms with Crippen LogP contribution in [0.4, 0.5) is 0 Å². The molecule has 0 amide bonds. The molecule has 0 aliphatic rings. The van der Waals surface area contributed by atoms with E-state index in [2.05, 4.69) is 16.8 Å². The molecule has 0 fully saturated rings. The standard InChI is InChI=1S/C15H13NOS/c1-11-5-7-14-10-13(6-8-15(14)16-11)4-3-9-18-12(2)17/h5-8,10H,9H2,1-2H3. The highest BCUT2D eigenvalue weighted by Gasteiger charge is 1.96. The molecule has 2 rings (SSSR count). The van der Waals surface area contributed by atoms with Gasteiger partial charge in [0.25, 0.3) is 0 Å². The zero-order valence-electron chi connectivity index (χ0n) is 10.4. The second-order valence-electron chi connectivity index (χ2n) is 3.94. The number of carbonyl (C=O) groups excluding carboxylic acids is 1. The van der Waals surface area contributed by atoms with Gasteiger partial charge >= 0.3 is 0 Å². The summed E-state index contributed by atoms with van der Waals surface area (Å²) in [5.74, 6) is 6.58. The van der Waals surface area contributed by atoms with E-state index in [0.29, 0.717) is 5.75 Å². The molecular weight excluding hydrogens is 242 g/mol. The highest BCUT2D eigenvalue weighted by Crippen LogP contribution is 2.14. The van der Waals surface area contributed by atoms with Gasteiger partial charge in [-0.05, 0) is 31.2 Å². The molecule has 0 saturated carbocycles. The fourth-order valence-electron chi connectivity index (χ4n) is 1.58. The first-order chi connectivity index (χ1) is 8.65. The number of aromatic nitrogens is 1. The SMILES string of the molecule is CC(=O)SCC#Cc1ccc2nc(C)ccc2c1. The van der Waals surface area contributed by atoms with Crippen molar-refractivity contribution >= 4 is 27.8 Å². The third-order valence-electron chi connectivity index (χ3n) is 2.41. The molecule has 1 aromatic heterocycles. The molecule has 0 aliphatic heterocycles. The van der Waals surface area contributed by atoms with Crippen molar-refractivity contribution in [2.45, 2.75) is 13.8 Å². The molecule has 0 unspecified atom stereocenters. The molecule has 0 saturated heterocycles. The van der Waals surface area contributed by atoms with Crippen molar-refractivity contribution in [3.05, 3.63) is 41.6 Å². The van der Waals surface area contributed by atoms with E-state index >= 15 is 0 Å². The molecule has 0 aliphatic carbocycles. The molecule has 18 heavy (non-hydrogen) atoms. The molecule has 0 bridgehead atoms. The minimum absolute atomic E-state index is 0.0995. The van der Waals surface area contributed by atoms with Crippen LogP contribution in [0.15, 0.2) is 30.3 Å². The fourth-order valence-corrected chi connectivity index (χ4v) is 1.93. The smallest absolute Gasteiger partial charge is 0.186 e. The minimum atomic E-state index is 0.0995. The van der Waals surface area contributed by atoms with Crippen LogP contribution in [0.5, 0.6) is 0 Å². The monoisotopic (exact) mass is 255 g/mol. The first-order valence-electron chi connectivity index (χ1n) is 5.65. The summed E-state index contributed by atoms with van der Waals surface area (Å²) in [7, 11) is 0. The Morgan fingerprint density at radius 1 is 1.33 bits per heavy atom. The number of pyridine rings is 1. The first-order valence-corrected chi connectivity index (χ1v) is 6.63. The van der Waals surface area contributed by atoms with Crippen LogP contribution in [-0.2, 0) is 4.79 Å². The van der Waals surface area contributed by atoms with Crippen molar-refractivity contribution in [2.75, 3.05) is 5.75 Å². The molecule has 0 atom stereocenters. The predicted molar refractivity (Wildman–Crippen MR) is 76.5 cm³/mol. The maximum absolute atomic E-state index is 10.7. The van der Waals surface area contributed by atoms with Gasteiger partial charge in [-0.25, -0.2) is 0 Å². The summed E-state index contributed by atoms with van der Waals surface area (Å²) in [4.78, 5) is 15.2. The van der Waals surface area contributed by atoms with Crippen LogP contribution in [0.3, 0.4) is 0 Å². The van der Waals surface area contributed by atoms with E-state index in [1.54, 1.807) is 6.92 Å². The number of hydrogen-bond donors (Lipinski definition) is 0. The summed E-state index contributed by atoms with van der Waals surface area (Å²) in [6.45, 7) is 3.53. The number of aryl methyl sites for hydroxylation is 1. The van der Waals surface area contributed by atoms with Crippen molar-refractivity contribution in [3.63, 3.8) is 0 Å². The second kappa shape index (κ2) is 5.70. The Bertz CT molecular complexity index is 652. The number of thioether (sulfide) groups is 1. The third kappa shape index (κ3) is 3.35. The number of benzene rings is 1. The lowest BCUT2D eigenvalue weighted by atomic mass is 10.1. The summed E-state index contributed by atoms with van der Waals surface area (Å²) in [6, 6.07) is 10.00. The number of fused-ring (bicyclic) bond motifs is 1. The Hall–Kier alpha value is -1.79. The number of rotatable bonds is 1. The number of nitrogens with zero attached hydrogens (tertiary/aromatic N) is 1. The van der Waals surface area contributed by atoms with Crippen molar-refractivity contribution in [3.8, 4) is 11.8 Å². The van der Waals surface area contributed by atoms with Crippen LogP contribution in [0.25, 0.3) is 10.9 Å². The van der Waals surface area contributed by atoms with Crippen molar-refractivity contribution in [1.82, 2.24) is 4.98 Å². The summed E-state index contributed by atoms with van der Waals surface area (Å²) in [5, 5.41) is 1.19. The summed E-state index contributed by atoms with van der Waals surface area (Å²) < 4.78 is 0. The van der Waals surface area contributed by atoms with Crippen molar-refractivity contribution in [1.29, 1.82) is 0 Å². The zero-order chi connectivity index (χ0) is 13.0. The van der Waals surface area contributed by atoms with Crippen LogP contribution in [0.1, 0.15) is 18.2 Å². The Kier molecular flexibility index (Phi) is 4.01. The van der Waals surface area contributed by atoms with Crippen LogP contribution < -0.4 is 0 Å². The lowest BCUT2D eigenvalue weighted by molar-refractivity contribution is -0.109. The Morgan fingerprint density at radius 3 is 2.94 bits per heavy atom. The highest BCUT2D eigenvalue weighted by molar-refractivity contribution is 8.13. The van der Waals surface area contributed by atoms with Gasteiger partial charge in [0.05, 0.1) is 11.3 Å². The van der Waals surface area contributed by atoms with E-state index in [9.17, 15) is 4.79 Å². The van der Waals surface area contributed by atoms with Crippen LogP contribution in [0.2, 0.25) is 0 Å². The van der Waals surface area contributed by atoms with E-state index in [-0.39, 0.29) is 5.12 Å². The van der Waals surface area contributed by atoms with Crippen molar-refractivity contribution in [2.24, 2.45) is 0 Å². The van der Waals surface area contributed by atoms with E-state index in [1.807, 2.05) is 37.3 Å². The van der Waals surface area contributed by atoms with E-state index in [0.717, 1.165) is 22.2 Å². The molecule has 2 aromatic rings. The first kappa shape index (κ1) is 12.7. The van der Waals surface area contributed by atoms with Gasteiger partial charge in [-0.2, -0.15) is 0 Å². The van der Waals surface area contributed by atoms with Gasteiger partial charge in [-0.15, -0.1) is 0 Å². The van der Waals surface area contributed by atoms with Gasteiger partial charge in [0.1, 0.15) is 0 Å². The molecule has 1 heterocycles. The summed E-state index contributed by atoms with van der Waals surface area (Å²) in [5.41, 5.74) is 2.95. The zero-order valence-corrected chi connectivity index (χ0v) is 11.2. The number of hydrogen-bond acceptors (Lipinski definition) is 3. The van der Waals surface area contributed by atoms with Crippen molar-refractivity contribution < 1.29 is 4.79 Å². The number of carbonyl (C=O) groups is 1. The van der Waals surface area contributed by atoms with Gasteiger partial charge in [0, 0.05) is 23.6 Å². The molecular formula is C15H13NOS. The Labute approximate surface area is 111 Å². The summed E-state index contributed by atoms with van der Waals surface area (Å²) in [6.07, 6.45) is 0. The van der Waals surface area contributed by atoms with E-state index in [4.69, 9.17) is 0 Å². The second-order valence-corrected chi connectivity index (χ2v) is 5.09. The highest BCUT2D eigenvalue weighted by atomic mass is 32.2. The molecule has 90 valence electrons. The minimum Gasteiger partial charge on any atom is -0.288 e. The van der Waals surface area contributed by atoms with Gasteiger partial charge < -0.3 is 0 Å². The lowest BCUT2D eigenvalue weighted by Crippen LogP contribution is -1.85. The molecule has 0 spiro atoms. The predicted octanol–water partition coefficient (Wildman–Crippen LogP) is 3.17. The summed E-state index contributed by atoms with van der Waals surface area (Å²) >= 11 is 1.23. The van der Waals surface area contributed by atoms with Gasteiger partial charge in [-0.1, -0.05) is 29.7 Å². The quantitative estimate of drug-likeness (QED) is 0.733. The van der Waals surface area contributed by atoms with E-state index < -0.39 is 0 Å². The third-order valence-corrected chi connectivity index (χ3v) is 3.10. The lowest BCUT2D eigenvalue weighted by Gasteiger charge is -1.99. The fraction of sp³-hybridized carbons (Fsp3) is 0.200. The van der Waals surface area contributed by atoms with Crippen LogP contribution in [0, 0.1) is 18.8 Å². The van der Waals surface area contributed by atoms with Gasteiger partial charge in [-0.3, -0.25) is 9.78 Å². The topological polar surface area (TPSA) is 30.0 Å². The molecule has 2 nitrogen and oxygen atoms in total. The van der Waals surface area contributed by atoms with E-state index in [1.165, 1.54) is 11.8 Å².